The number of nitrogen functional groups attached to an aromatic ring is 1. The van der Waals surface area contributed by atoms with Gasteiger partial charge in [0.1, 0.15) is 5.75 Å². The maximum atomic E-state index is 12.0. The van der Waals surface area contributed by atoms with Crippen LogP contribution in [-0.2, 0) is 0 Å². The second-order valence-corrected chi connectivity index (χ2v) is 3.09. The number of halogens is 2. The monoisotopic (exact) mass is 215 g/mol. The molecule has 0 saturated carbocycles. The van der Waals surface area contributed by atoms with Gasteiger partial charge in [0.25, 0.3) is 0 Å². The summed E-state index contributed by atoms with van der Waals surface area (Å²) in [6.45, 7) is -0.0672. The highest BCUT2D eigenvalue weighted by Gasteiger charge is 2.15. The summed E-state index contributed by atoms with van der Waals surface area (Å²) in [4.78, 5) is 11.2. The van der Waals surface area contributed by atoms with Crippen molar-refractivity contribution in [2.24, 2.45) is 0 Å². The fourth-order valence-electron chi connectivity index (χ4n) is 1.40. The Balaban J connectivity index is 3.22. The lowest BCUT2D eigenvalue weighted by atomic mass is 10.0. The van der Waals surface area contributed by atoms with Crippen LogP contribution >= 0.6 is 0 Å². The largest absolute Gasteiger partial charge is 0.435 e. The maximum absolute atomic E-state index is 12.0. The molecule has 1 aromatic carbocycles. The molecule has 3 nitrogen and oxygen atoms in total. The minimum atomic E-state index is -2.91. The van der Waals surface area contributed by atoms with Gasteiger partial charge in [-0.2, -0.15) is 8.78 Å². The van der Waals surface area contributed by atoms with Crippen molar-refractivity contribution in [3.05, 3.63) is 23.3 Å². The lowest BCUT2D eigenvalue weighted by Crippen LogP contribution is -2.08. The minimum absolute atomic E-state index is 0.0237. The van der Waals surface area contributed by atoms with Crippen molar-refractivity contribution in [1.82, 2.24) is 0 Å². The maximum Gasteiger partial charge on any atom is 0.387 e. The molecule has 0 amide bonds. The van der Waals surface area contributed by atoms with Crippen LogP contribution in [0.5, 0.6) is 5.75 Å². The van der Waals surface area contributed by atoms with Gasteiger partial charge >= 0.3 is 6.61 Å². The van der Waals surface area contributed by atoms with Gasteiger partial charge in [-0.25, -0.2) is 0 Å². The lowest BCUT2D eigenvalue weighted by Gasteiger charge is -2.12. The van der Waals surface area contributed by atoms with Gasteiger partial charge in [-0.3, -0.25) is 4.79 Å². The zero-order valence-electron chi connectivity index (χ0n) is 8.38. The van der Waals surface area contributed by atoms with E-state index >= 15 is 0 Å². The van der Waals surface area contributed by atoms with Crippen LogP contribution in [0.2, 0.25) is 0 Å². The molecule has 0 saturated heterocycles. The van der Waals surface area contributed by atoms with Crippen LogP contribution in [0.25, 0.3) is 0 Å². The van der Waals surface area contributed by atoms with Gasteiger partial charge in [-0.1, -0.05) is 0 Å². The molecule has 0 spiro atoms. The Labute approximate surface area is 85.8 Å². The Bertz CT molecular complexity index is 391. The first-order valence-electron chi connectivity index (χ1n) is 4.28. The first-order chi connectivity index (χ1) is 6.93. The fourth-order valence-corrected chi connectivity index (χ4v) is 1.40. The summed E-state index contributed by atoms with van der Waals surface area (Å²) in [6.07, 6.45) is 0. The van der Waals surface area contributed by atoms with E-state index in [9.17, 15) is 13.6 Å². The summed E-state index contributed by atoms with van der Waals surface area (Å²) in [5.41, 5.74) is 6.39. The van der Waals surface area contributed by atoms with E-state index in [2.05, 4.69) is 4.74 Å². The highest BCUT2D eigenvalue weighted by Crippen LogP contribution is 2.27. The second kappa shape index (κ2) is 4.25. The number of carbonyl (C=O) groups is 1. The predicted molar refractivity (Wildman–Crippen MR) is 52.2 cm³/mol. The number of rotatable bonds is 3. The summed E-state index contributed by atoms with van der Waals surface area (Å²) in [6, 6.07) is 2.70. The molecule has 0 aliphatic carbocycles. The Morgan fingerprint density at radius 1 is 1.47 bits per heavy atom. The molecule has 0 heterocycles. The van der Waals surface area contributed by atoms with Gasteiger partial charge in [-0.05, 0) is 26.0 Å². The van der Waals surface area contributed by atoms with Gasteiger partial charge in [0.15, 0.2) is 5.78 Å². The molecule has 0 aromatic heterocycles. The number of Topliss-reactive ketones (excluding diaryl/α,β-unsaturated/α-hetero) is 1. The van der Waals surface area contributed by atoms with Crippen molar-refractivity contribution in [1.29, 1.82) is 0 Å². The summed E-state index contributed by atoms with van der Waals surface area (Å²) < 4.78 is 28.2. The zero-order valence-corrected chi connectivity index (χ0v) is 8.38. The number of alkyl halides is 2. The van der Waals surface area contributed by atoms with E-state index in [0.717, 1.165) is 0 Å². The summed E-state index contributed by atoms with van der Waals surface area (Å²) in [5, 5.41) is 0. The molecule has 0 bridgehead atoms. The van der Waals surface area contributed by atoms with E-state index in [0.29, 0.717) is 5.56 Å². The van der Waals surface area contributed by atoms with Crippen molar-refractivity contribution < 1.29 is 18.3 Å². The number of hydrogen-bond donors (Lipinski definition) is 1. The average molecular weight is 215 g/mol. The van der Waals surface area contributed by atoms with E-state index in [1.54, 1.807) is 0 Å². The Morgan fingerprint density at radius 2 is 2.07 bits per heavy atom. The molecule has 15 heavy (non-hydrogen) atoms. The van der Waals surface area contributed by atoms with Gasteiger partial charge in [0.05, 0.1) is 0 Å². The molecule has 0 aliphatic rings. The van der Waals surface area contributed by atoms with Crippen LogP contribution in [0.15, 0.2) is 12.1 Å². The quantitative estimate of drug-likeness (QED) is 0.622. The third kappa shape index (κ3) is 2.43. The number of ketones is 1. The molecule has 1 rings (SSSR count). The molecular weight excluding hydrogens is 204 g/mol. The number of carbonyl (C=O) groups excluding carboxylic acids is 1. The van der Waals surface area contributed by atoms with Crippen molar-refractivity contribution in [2.45, 2.75) is 20.5 Å². The highest BCUT2D eigenvalue weighted by atomic mass is 19.3. The minimum Gasteiger partial charge on any atom is -0.435 e. The first kappa shape index (κ1) is 11.4. The third-order valence-electron chi connectivity index (χ3n) is 2.02. The second-order valence-electron chi connectivity index (χ2n) is 3.09. The molecule has 5 heteroatoms. The van der Waals surface area contributed by atoms with E-state index < -0.39 is 6.61 Å². The number of ether oxygens (including phenoxy) is 1. The van der Waals surface area contributed by atoms with Crippen molar-refractivity contribution in [3.63, 3.8) is 0 Å². The smallest absolute Gasteiger partial charge is 0.387 e. The summed E-state index contributed by atoms with van der Waals surface area (Å²) >= 11 is 0. The van der Waals surface area contributed by atoms with Crippen molar-refractivity contribution >= 4 is 11.5 Å². The van der Waals surface area contributed by atoms with E-state index in [4.69, 9.17) is 5.73 Å². The first-order valence-corrected chi connectivity index (χ1v) is 4.28. The van der Waals surface area contributed by atoms with Crippen molar-refractivity contribution in [3.8, 4) is 5.75 Å². The molecule has 82 valence electrons. The number of nitrogens with two attached hydrogens (primary N) is 1. The molecule has 0 atom stereocenters. The third-order valence-corrected chi connectivity index (χ3v) is 2.02. The van der Waals surface area contributed by atoms with Crippen LogP contribution in [0.3, 0.4) is 0 Å². The Kier molecular flexibility index (Phi) is 3.24. The normalized spacial score (nSPS) is 10.5. The highest BCUT2D eigenvalue weighted by molar-refractivity contribution is 6.01. The van der Waals surface area contributed by atoms with Crippen LogP contribution in [0.4, 0.5) is 14.5 Å². The van der Waals surface area contributed by atoms with Crippen LogP contribution in [0, 0.1) is 6.92 Å². The van der Waals surface area contributed by atoms with Gasteiger partial charge in [0.2, 0.25) is 0 Å². The van der Waals surface area contributed by atoms with Gasteiger partial charge in [-0.15, -0.1) is 0 Å². The lowest BCUT2D eigenvalue weighted by molar-refractivity contribution is -0.0503. The number of hydrogen-bond acceptors (Lipinski definition) is 3. The van der Waals surface area contributed by atoms with Crippen LogP contribution in [0.1, 0.15) is 22.8 Å². The zero-order chi connectivity index (χ0) is 11.6. The van der Waals surface area contributed by atoms with E-state index in [1.165, 1.54) is 26.0 Å². The van der Waals surface area contributed by atoms with Crippen LogP contribution < -0.4 is 10.5 Å². The fraction of sp³-hybridized carbons (Fsp3) is 0.300. The van der Waals surface area contributed by atoms with E-state index in [1.807, 2.05) is 0 Å². The molecule has 0 radical (unpaired) electrons. The van der Waals surface area contributed by atoms with Crippen LogP contribution in [-0.4, -0.2) is 12.4 Å². The summed E-state index contributed by atoms with van der Waals surface area (Å²) in [7, 11) is 0. The molecule has 2 N–H and O–H groups in total. The molecular formula is C10H11F2NO2. The molecule has 0 aliphatic heterocycles. The van der Waals surface area contributed by atoms with Crippen molar-refractivity contribution in [2.75, 3.05) is 5.73 Å². The summed E-state index contributed by atoms with van der Waals surface area (Å²) in [5.74, 6) is -0.297. The molecule has 0 unspecified atom stereocenters. The Morgan fingerprint density at radius 3 is 2.53 bits per heavy atom. The predicted octanol–water partition coefficient (Wildman–Crippen LogP) is 2.38. The Hall–Kier alpha value is -1.65. The number of anilines is 1. The standard InChI is InChI=1S/C10H11F2NO2/c1-5-8(15-10(11)12)4-3-7(13)9(5)6(2)14/h3-4,10H,13H2,1-2H3. The molecule has 1 aromatic rings. The van der Waals surface area contributed by atoms with E-state index in [-0.39, 0.29) is 22.8 Å². The van der Waals surface area contributed by atoms with Gasteiger partial charge < -0.3 is 10.5 Å². The molecule has 0 fully saturated rings. The SMILES string of the molecule is CC(=O)c1c(N)ccc(OC(F)F)c1C. The number of benzene rings is 1. The average Bonchev–Trinajstić information content (AvgIpc) is 2.09. The topological polar surface area (TPSA) is 52.3 Å². The van der Waals surface area contributed by atoms with Gasteiger partial charge in [0, 0.05) is 16.8 Å².